The lowest BCUT2D eigenvalue weighted by atomic mass is 10.2. The number of pyridine rings is 1. The van der Waals surface area contributed by atoms with E-state index in [4.69, 9.17) is 5.11 Å². The molecule has 0 amide bonds. The van der Waals surface area contributed by atoms with Gasteiger partial charge in [-0.15, -0.1) is 0 Å². The van der Waals surface area contributed by atoms with Crippen LogP contribution in [-0.2, 0) is 11.2 Å². The molecule has 0 fully saturated rings. The van der Waals surface area contributed by atoms with E-state index in [0.717, 1.165) is 6.07 Å². The molecule has 0 saturated heterocycles. The second-order valence-corrected chi connectivity index (χ2v) is 3.46. The molecule has 1 aromatic heterocycles. The molecule has 1 rings (SSSR count). The number of aliphatic carboxylic acids is 1. The molecule has 1 N–H and O–H groups in total. The van der Waals surface area contributed by atoms with Gasteiger partial charge in [-0.2, -0.15) is 0 Å². The summed E-state index contributed by atoms with van der Waals surface area (Å²) in [6.07, 6.45) is -3.55. The Morgan fingerprint density at radius 3 is 2.67 bits per heavy atom. The Morgan fingerprint density at radius 2 is 2.20 bits per heavy atom. The fourth-order valence-electron chi connectivity index (χ4n) is 0.958. The summed E-state index contributed by atoms with van der Waals surface area (Å²) < 4.78 is 37.2. The number of nitrogens with zero attached hydrogens (tertiary/aromatic N) is 1. The maximum atomic E-state index is 13.0. The molecule has 0 spiro atoms. The van der Waals surface area contributed by atoms with Crippen LogP contribution in [0, 0.1) is 5.82 Å². The zero-order valence-electron chi connectivity index (χ0n) is 7.18. The molecule has 7 heteroatoms. The number of carboxylic acids is 1. The second-order valence-electron chi connectivity index (χ2n) is 2.67. The first-order valence-electron chi connectivity index (χ1n) is 3.76. The first-order valence-corrected chi connectivity index (χ1v) is 4.56. The van der Waals surface area contributed by atoms with Crippen molar-refractivity contribution in [3.05, 3.63) is 27.7 Å². The number of aromatic nitrogens is 1. The number of rotatable bonds is 3. The van der Waals surface area contributed by atoms with Gasteiger partial charge in [0.1, 0.15) is 11.5 Å². The summed E-state index contributed by atoms with van der Waals surface area (Å²) in [5, 5.41) is 8.39. The van der Waals surface area contributed by atoms with E-state index < -0.39 is 34.8 Å². The quantitative estimate of drug-likeness (QED) is 0.928. The Kier molecular flexibility index (Phi) is 3.67. The standard InChI is InChI=1S/C8H5BrF3NO2/c9-6-4(10)1-3(2-5(14)15)13-7(6)8(11)12/h1,8H,2H2,(H,14,15). The van der Waals surface area contributed by atoms with Gasteiger partial charge in [0, 0.05) is 0 Å². The van der Waals surface area contributed by atoms with Gasteiger partial charge < -0.3 is 5.11 Å². The molecule has 0 aliphatic heterocycles. The molecule has 1 aromatic rings. The van der Waals surface area contributed by atoms with Crippen LogP contribution in [0.3, 0.4) is 0 Å². The van der Waals surface area contributed by atoms with Gasteiger partial charge in [0.25, 0.3) is 6.43 Å². The lowest BCUT2D eigenvalue weighted by Gasteiger charge is -2.05. The first-order chi connectivity index (χ1) is 6.91. The van der Waals surface area contributed by atoms with Gasteiger partial charge in [0.05, 0.1) is 16.6 Å². The highest BCUT2D eigenvalue weighted by Gasteiger charge is 2.19. The molecule has 3 nitrogen and oxygen atoms in total. The van der Waals surface area contributed by atoms with E-state index in [1.165, 1.54) is 0 Å². The third-order valence-electron chi connectivity index (χ3n) is 1.53. The second kappa shape index (κ2) is 4.61. The van der Waals surface area contributed by atoms with Gasteiger partial charge in [-0.25, -0.2) is 18.2 Å². The van der Waals surface area contributed by atoms with E-state index >= 15 is 0 Å². The van der Waals surface area contributed by atoms with Crippen LogP contribution in [-0.4, -0.2) is 16.1 Å². The largest absolute Gasteiger partial charge is 0.481 e. The van der Waals surface area contributed by atoms with Crippen LogP contribution in [0.4, 0.5) is 13.2 Å². The van der Waals surface area contributed by atoms with E-state index in [0.29, 0.717) is 0 Å². The average Bonchev–Trinajstić information content (AvgIpc) is 2.09. The normalized spacial score (nSPS) is 10.7. The Hall–Kier alpha value is -1.11. The summed E-state index contributed by atoms with van der Waals surface area (Å²) in [7, 11) is 0. The maximum absolute atomic E-state index is 13.0. The molecule has 82 valence electrons. The topological polar surface area (TPSA) is 50.2 Å². The van der Waals surface area contributed by atoms with Crippen molar-refractivity contribution in [1.29, 1.82) is 0 Å². The molecule has 15 heavy (non-hydrogen) atoms. The Morgan fingerprint density at radius 1 is 1.60 bits per heavy atom. The summed E-state index contributed by atoms with van der Waals surface area (Å²) in [4.78, 5) is 13.6. The minimum Gasteiger partial charge on any atom is -0.481 e. The monoisotopic (exact) mass is 283 g/mol. The van der Waals surface area contributed by atoms with Gasteiger partial charge in [-0.05, 0) is 22.0 Å². The highest BCUT2D eigenvalue weighted by Crippen LogP contribution is 2.28. The van der Waals surface area contributed by atoms with Crippen molar-refractivity contribution < 1.29 is 23.1 Å². The summed E-state index contributed by atoms with van der Waals surface area (Å²) in [6.45, 7) is 0. The number of hydrogen-bond donors (Lipinski definition) is 1. The maximum Gasteiger partial charge on any atom is 0.309 e. The molecular formula is C8H5BrF3NO2. The van der Waals surface area contributed by atoms with Crippen molar-refractivity contribution in [1.82, 2.24) is 4.98 Å². The van der Waals surface area contributed by atoms with Gasteiger partial charge in [-0.1, -0.05) is 0 Å². The number of alkyl halides is 2. The zero-order chi connectivity index (χ0) is 11.6. The van der Waals surface area contributed by atoms with Crippen LogP contribution in [0.25, 0.3) is 0 Å². The third-order valence-corrected chi connectivity index (χ3v) is 2.32. The molecule has 0 saturated carbocycles. The number of hydrogen-bond acceptors (Lipinski definition) is 2. The van der Waals surface area contributed by atoms with Crippen LogP contribution < -0.4 is 0 Å². The minimum absolute atomic E-state index is 0.237. The highest BCUT2D eigenvalue weighted by molar-refractivity contribution is 9.10. The lowest BCUT2D eigenvalue weighted by molar-refractivity contribution is -0.136. The lowest BCUT2D eigenvalue weighted by Crippen LogP contribution is -2.06. The fourth-order valence-corrected chi connectivity index (χ4v) is 1.33. The predicted molar refractivity (Wildman–Crippen MR) is 48.2 cm³/mol. The summed E-state index contributed by atoms with van der Waals surface area (Å²) in [6, 6.07) is 0.810. The molecule has 0 aliphatic rings. The van der Waals surface area contributed by atoms with E-state index in [-0.39, 0.29) is 5.69 Å². The number of carbonyl (C=O) groups is 1. The molecule has 0 radical (unpaired) electrons. The van der Waals surface area contributed by atoms with E-state index in [1.807, 2.05) is 0 Å². The third kappa shape index (κ3) is 2.92. The zero-order valence-corrected chi connectivity index (χ0v) is 8.76. The van der Waals surface area contributed by atoms with Crippen LogP contribution in [0.1, 0.15) is 17.8 Å². The van der Waals surface area contributed by atoms with Gasteiger partial charge in [0.15, 0.2) is 0 Å². The summed E-state index contributed by atoms with van der Waals surface area (Å²) >= 11 is 2.62. The van der Waals surface area contributed by atoms with Crippen LogP contribution in [0.2, 0.25) is 0 Å². The van der Waals surface area contributed by atoms with Crippen molar-refractivity contribution in [2.24, 2.45) is 0 Å². The highest BCUT2D eigenvalue weighted by atomic mass is 79.9. The smallest absolute Gasteiger partial charge is 0.309 e. The SMILES string of the molecule is O=C(O)Cc1cc(F)c(Br)c(C(F)F)n1. The van der Waals surface area contributed by atoms with Crippen LogP contribution in [0.5, 0.6) is 0 Å². The van der Waals surface area contributed by atoms with Crippen molar-refractivity contribution >= 4 is 21.9 Å². The van der Waals surface area contributed by atoms with Gasteiger partial charge >= 0.3 is 5.97 Å². The van der Waals surface area contributed by atoms with Gasteiger partial charge in [-0.3, -0.25) is 4.79 Å². The summed E-state index contributed by atoms with van der Waals surface area (Å²) in [5.41, 5.74) is -1.02. The fraction of sp³-hybridized carbons (Fsp3) is 0.250. The Balaban J connectivity index is 3.17. The van der Waals surface area contributed by atoms with Crippen LogP contribution in [0.15, 0.2) is 10.5 Å². The van der Waals surface area contributed by atoms with E-state index in [9.17, 15) is 18.0 Å². The molecular weight excluding hydrogens is 279 g/mol. The van der Waals surface area contributed by atoms with E-state index in [2.05, 4.69) is 20.9 Å². The molecule has 0 bridgehead atoms. The number of carboxylic acid groups (broad SMARTS) is 1. The Labute approximate surface area is 91.1 Å². The predicted octanol–water partition coefficient (Wildman–Crippen LogP) is 2.55. The van der Waals surface area contributed by atoms with Crippen molar-refractivity contribution in [2.75, 3.05) is 0 Å². The molecule has 0 atom stereocenters. The minimum atomic E-state index is -2.96. The molecule has 0 aromatic carbocycles. The van der Waals surface area contributed by atoms with Crippen LogP contribution >= 0.6 is 15.9 Å². The Bertz CT molecular complexity index is 398. The summed E-state index contributed by atoms with van der Waals surface area (Å²) in [5.74, 6) is -2.21. The van der Waals surface area contributed by atoms with Gasteiger partial charge in [0.2, 0.25) is 0 Å². The average molecular weight is 284 g/mol. The number of halogens is 4. The first kappa shape index (κ1) is 12.0. The molecule has 0 unspecified atom stereocenters. The van der Waals surface area contributed by atoms with Crippen molar-refractivity contribution in [3.8, 4) is 0 Å². The van der Waals surface area contributed by atoms with Crippen molar-refractivity contribution in [3.63, 3.8) is 0 Å². The molecule has 1 heterocycles. The van der Waals surface area contributed by atoms with E-state index in [1.54, 1.807) is 0 Å². The van der Waals surface area contributed by atoms with Crippen molar-refractivity contribution in [2.45, 2.75) is 12.8 Å². The molecule has 0 aliphatic carbocycles.